The molecule has 0 aliphatic rings. The van der Waals surface area contributed by atoms with Crippen LogP contribution in [0.2, 0.25) is 0 Å². The molecule has 0 aromatic heterocycles. The van der Waals surface area contributed by atoms with Crippen LogP contribution < -0.4 is 10.5 Å². The molecule has 0 radical (unpaired) electrons. The minimum Gasteiger partial charge on any atom is -0.456 e. The van der Waals surface area contributed by atoms with E-state index in [0.29, 0.717) is 0 Å². The molecule has 2 N–H and O–H groups in total. The van der Waals surface area contributed by atoms with Crippen molar-refractivity contribution in [3.05, 3.63) is 56.1 Å². The molecule has 1 unspecified atom stereocenters. The van der Waals surface area contributed by atoms with Gasteiger partial charge < -0.3 is 10.5 Å². The van der Waals surface area contributed by atoms with Crippen LogP contribution in [0.25, 0.3) is 0 Å². The summed E-state index contributed by atoms with van der Waals surface area (Å²) in [7, 11) is 0. The van der Waals surface area contributed by atoms with E-state index in [4.69, 9.17) is 10.5 Å². The Bertz CT molecular complexity index is 555. The number of hydrogen-bond donors (Lipinski definition) is 1. The van der Waals surface area contributed by atoms with Gasteiger partial charge >= 0.3 is 0 Å². The average molecular weight is 432 g/mol. The summed E-state index contributed by atoms with van der Waals surface area (Å²) in [5, 5.41) is 0. The second kappa shape index (κ2) is 6.72. The van der Waals surface area contributed by atoms with Gasteiger partial charge in [0, 0.05) is 9.61 Å². The summed E-state index contributed by atoms with van der Waals surface area (Å²) in [6.07, 6.45) is 0.864. The number of hydrogen-bond acceptors (Lipinski definition) is 2. The van der Waals surface area contributed by atoms with E-state index in [2.05, 4.69) is 50.7 Å². The Morgan fingerprint density at radius 3 is 2.47 bits per heavy atom. The van der Waals surface area contributed by atoms with Crippen LogP contribution in [-0.4, -0.2) is 6.04 Å². The molecule has 4 heteroatoms. The highest BCUT2D eigenvalue weighted by atomic mass is 127. The number of halogens is 2. The van der Waals surface area contributed by atoms with Gasteiger partial charge in [-0.15, -0.1) is 0 Å². The Kier molecular flexibility index (Phi) is 5.24. The van der Waals surface area contributed by atoms with Gasteiger partial charge in [-0.25, -0.2) is 0 Å². The van der Waals surface area contributed by atoms with E-state index in [1.807, 2.05) is 37.3 Å². The maximum absolute atomic E-state index is 5.84. The van der Waals surface area contributed by atoms with Gasteiger partial charge in [-0.05, 0) is 93.8 Å². The summed E-state index contributed by atoms with van der Waals surface area (Å²) in [6, 6.07) is 14.2. The van der Waals surface area contributed by atoms with Crippen LogP contribution in [0.4, 0.5) is 0 Å². The van der Waals surface area contributed by atoms with Crippen LogP contribution in [0, 0.1) is 3.57 Å². The minimum absolute atomic E-state index is 0.162. The first-order valence-corrected chi connectivity index (χ1v) is 7.89. The molecule has 0 saturated carbocycles. The normalized spacial score (nSPS) is 12.2. The third kappa shape index (κ3) is 4.47. The van der Waals surface area contributed by atoms with Crippen molar-refractivity contribution in [1.29, 1.82) is 0 Å². The second-order valence-electron chi connectivity index (χ2n) is 4.50. The van der Waals surface area contributed by atoms with Crippen molar-refractivity contribution in [3.63, 3.8) is 0 Å². The van der Waals surface area contributed by atoms with Crippen molar-refractivity contribution in [2.24, 2.45) is 5.73 Å². The molecular weight excluding hydrogens is 417 g/mol. The van der Waals surface area contributed by atoms with E-state index < -0.39 is 0 Å². The molecule has 2 aromatic rings. The summed E-state index contributed by atoms with van der Waals surface area (Å²) in [6.45, 7) is 2.00. The van der Waals surface area contributed by atoms with E-state index in [9.17, 15) is 0 Å². The molecule has 100 valence electrons. The maximum Gasteiger partial charge on any atom is 0.141 e. The summed E-state index contributed by atoms with van der Waals surface area (Å²) in [4.78, 5) is 0. The molecule has 0 aliphatic heterocycles. The van der Waals surface area contributed by atoms with Gasteiger partial charge in [-0.1, -0.05) is 6.07 Å². The zero-order valence-electron chi connectivity index (χ0n) is 10.6. The van der Waals surface area contributed by atoms with Gasteiger partial charge in [0.2, 0.25) is 0 Å². The lowest BCUT2D eigenvalue weighted by Gasteiger charge is -2.10. The monoisotopic (exact) mass is 431 g/mol. The Morgan fingerprint density at radius 1 is 1.21 bits per heavy atom. The van der Waals surface area contributed by atoms with Crippen molar-refractivity contribution in [2.45, 2.75) is 19.4 Å². The molecule has 2 rings (SSSR count). The van der Waals surface area contributed by atoms with Crippen molar-refractivity contribution >= 4 is 38.5 Å². The molecule has 0 amide bonds. The topological polar surface area (TPSA) is 35.2 Å². The maximum atomic E-state index is 5.84. The molecule has 19 heavy (non-hydrogen) atoms. The Morgan fingerprint density at radius 2 is 1.89 bits per heavy atom. The Balaban J connectivity index is 2.15. The predicted octanol–water partition coefficient (Wildman–Crippen LogP) is 4.74. The molecule has 0 bridgehead atoms. The first-order chi connectivity index (χ1) is 9.04. The van der Waals surface area contributed by atoms with Crippen LogP contribution in [0.1, 0.15) is 12.5 Å². The fraction of sp³-hybridized carbons (Fsp3) is 0.200. The average Bonchev–Trinajstić information content (AvgIpc) is 2.34. The van der Waals surface area contributed by atoms with Crippen molar-refractivity contribution < 1.29 is 4.74 Å². The van der Waals surface area contributed by atoms with Gasteiger partial charge in [-0.2, -0.15) is 0 Å². The highest BCUT2D eigenvalue weighted by Gasteiger charge is 2.05. The molecule has 2 nitrogen and oxygen atoms in total. The summed E-state index contributed by atoms with van der Waals surface area (Å²) >= 11 is 5.81. The predicted molar refractivity (Wildman–Crippen MR) is 90.7 cm³/mol. The zero-order chi connectivity index (χ0) is 13.8. The summed E-state index contributed by atoms with van der Waals surface area (Å²) in [5.41, 5.74) is 7.01. The highest BCUT2D eigenvalue weighted by molar-refractivity contribution is 14.1. The molecular formula is C15H15BrINO. The van der Waals surface area contributed by atoms with E-state index in [1.54, 1.807) is 0 Å². The van der Waals surface area contributed by atoms with E-state index in [-0.39, 0.29) is 6.04 Å². The molecule has 0 aliphatic carbocycles. The first-order valence-electron chi connectivity index (χ1n) is 6.02. The second-order valence-corrected chi connectivity index (χ2v) is 6.60. The fourth-order valence-corrected chi connectivity index (χ4v) is 2.62. The number of nitrogens with two attached hydrogens (primary N) is 1. The van der Waals surface area contributed by atoms with Crippen LogP contribution in [-0.2, 0) is 6.42 Å². The van der Waals surface area contributed by atoms with E-state index in [0.717, 1.165) is 22.4 Å². The van der Waals surface area contributed by atoms with Crippen molar-refractivity contribution in [1.82, 2.24) is 0 Å². The molecule has 1 atom stereocenters. The van der Waals surface area contributed by atoms with Gasteiger partial charge in [0.15, 0.2) is 0 Å². The summed E-state index contributed by atoms with van der Waals surface area (Å²) in [5.74, 6) is 1.65. The highest BCUT2D eigenvalue weighted by Crippen LogP contribution is 2.31. The lowest BCUT2D eigenvalue weighted by molar-refractivity contribution is 0.479. The first kappa shape index (κ1) is 14.8. The number of rotatable bonds is 4. The number of ether oxygens (including phenoxy) is 1. The van der Waals surface area contributed by atoms with Crippen molar-refractivity contribution in [3.8, 4) is 11.5 Å². The Labute approximate surface area is 135 Å². The van der Waals surface area contributed by atoms with Crippen molar-refractivity contribution in [2.75, 3.05) is 0 Å². The molecule has 0 heterocycles. The molecule has 0 fully saturated rings. The van der Waals surface area contributed by atoms with Gasteiger partial charge in [0.05, 0.1) is 4.47 Å². The van der Waals surface area contributed by atoms with Gasteiger partial charge in [0.1, 0.15) is 11.5 Å². The lowest BCUT2D eigenvalue weighted by atomic mass is 10.1. The molecule has 0 spiro atoms. The quantitative estimate of drug-likeness (QED) is 0.710. The molecule has 2 aromatic carbocycles. The van der Waals surface area contributed by atoms with Crippen LogP contribution in [0.15, 0.2) is 46.9 Å². The SMILES string of the molecule is CC(N)Cc1ccc(Oc2ccc(I)cc2)c(Br)c1. The standard InChI is InChI=1S/C15H15BrINO/c1-10(18)8-11-2-7-15(14(16)9-11)19-13-5-3-12(17)4-6-13/h2-7,9-10H,8,18H2,1H3. The molecule has 0 saturated heterocycles. The zero-order valence-corrected chi connectivity index (χ0v) is 14.3. The fourth-order valence-electron chi connectivity index (χ4n) is 1.76. The third-order valence-corrected chi connectivity index (χ3v) is 3.93. The Hall–Kier alpha value is -0.590. The number of benzene rings is 2. The summed E-state index contributed by atoms with van der Waals surface area (Å²) < 4.78 is 7.98. The van der Waals surface area contributed by atoms with Crippen LogP contribution in [0.5, 0.6) is 11.5 Å². The van der Waals surface area contributed by atoms with Crippen LogP contribution >= 0.6 is 38.5 Å². The minimum atomic E-state index is 0.162. The smallest absolute Gasteiger partial charge is 0.141 e. The lowest BCUT2D eigenvalue weighted by Crippen LogP contribution is -2.17. The van der Waals surface area contributed by atoms with Crippen LogP contribution in [0.3, 0.4) is 0 Å². The third-order valence-electron chi connectivity index (χ3n) is 2.60. The van der Waals surface area contributed by atoms with E-state index in [1.165, 1.54) is 9.13 Å². The largest absolute Gasteiger partial charge is 0.456 e. The van der Waals surface area contributed by atoms with Gasteiger partial charge in [0.25, 0.3) is 0 Å². The van der Waals surface area contributed by atoms with E-state index >= 15 is 0 Å². The van der Waals surface area contributed by atoms with Gasteiger partial charge in [-0.3, -0.25) is 0 Å².